The van der Waals surface area contributed by atoms with Crippen LogP contribution in [0.3, 0.4) is 0 Å². The molecule has 5 N–H and O–H groups in total. The highest BCUT2D eigenvalue weighted by Crippen LogP contribution is 1.65. The maximum absolute atomic E-state index is 10.0. The van der Waals surface area contributed by atoms with Crippen molar-refractivity contribution in [2.24, 2.45) is 16.7 Å². The molecule has 0 spiro atoms. The van der Waals surface area contributed by atoms with Gasteiger partial charge in [0, 0.05) is 6.92 Å². The van der Waals surface area contributed by atoms with Gasteiger partial charge in [-0.05, 0) is 0 Å². The molecule has 10 heavy (non-hydrogen) atoms. The normalized spacial score (nSPS) is 9.50. The van der Waals surface area contributed by atoms with Gasteiger partial charge in [0.2, 0.25) is 5.96 Å². The zero-order valence-corrected chi connectivity index (χ0v) is 6.14. The highest BCUT2D eigenvalue weighted by Gasteiger charge is 1.91. The van der Waals surface area contributed by atoms with Crippen LogP contribution in [0, 0.1) is 0 Å². The summed E-state index contributed by atoms with van der Waals surface area (Å²) in [6.45, 7) is 1.22. The van der Waals surface area contributed by atoms with E-state index in [0.29, 0.717) is 0 Å². The third kappa shape index (κ3) is 6.83. The van der Waals surface area contributed by atoms with Crippen molar-refractivity contribution in [2.45, 2.75) is 6.92 Å². The van der Waals surface area contributed by atoms with Gasteiger partial charge < -0.3 is 16.4 Å². The fraction of sp³-hybridized carbons (Fsp3) is 0.333. The average molecular weight is 169 g/mol. The second kappa shape index (κ2) is 5.96. The first-order valence-electron chi connectivity index (χ1n) is 2.13. The molecule has 0 aliphatic rings. The predicted octanol–water partition coefficient (Wildman–Crippen LogP) is -1.34. The Morgan fingerprint density at radius 2 is 2.20 bits per heavy atom. The van der Waals surface area contributed by atoms with Gasteiger partial charge in [0.25, 0.3) is 0 Å². The molecule has 0 aliphatic heterocycles. The van der Waals surface area contributed by atoms with E-state index >= 15 is 0 Å². The molecule has 0 aromatic carbocycles. The molecular formula is C3H9ClN4O2. The number of nitrogens with zero attached hydrogens (tertiary/aromatic N) is 1. The minimum Gasteiger partial charge on any atom is -0.366 e. The first-order chi connectivity index (χ1) is 4.16. The van der Waals surface area contributed by atoms with Gasteiger partial charge in [0.1, 0.15) is 0 Å². The Labute approximate surface area is 63.9 Å². The minimum absolute atomic E-state index is 0. The maximum Gasteiger partial charge on any atom is 0.329 e. The van der Waals surface area contributed by atoms with Crippen LogP contribution in [-0.4, -0.2) is 11.9 Å². The second-order valence-corrected chi connectivity index (χ2v) is 1.21. The summed E-state index contributed by atoms with van der Waals surface area (Å²) in [7, 11) is 0. The Morgan fingerprint density at radius 3 is 2.50 bits per heavy atom. The number of rotatable bonds is 0. The minimum atomic E-state index is -0.512. The molecule has 0 saturated heterocycles. The van der Waals surface area contributed by atoms with Crippen LogP contribution in [0.15, 0.2) is 5.10 Å². The van der Waals surface area contributed by atoms with Crippen LogP contribution in [0.4, 0.5) is 0 Å². The van der Waals surface area contributed by atoms with E-state index in [1.165, 1.54) is 6.92 Å². The molecule has 0 bridgehead atoms. The van der Waals surface area contributed by atoms with Crippen molar-refractivity contribution < 1.29 is 9.63 Å². The Hall–Kier alpha value is -1.17. The summed E-state index contributed by atoms with van der Waals surface area (Å²) < 4.78 is 0. The number of nitrogens with one attached hydrogen (secondary N) is 1. The molecule has 0 heterocycles. The lowest BCUT2D eigenvalue weighted by atomic mass is 10.8. The lowest BCUT2D eigenvalue weighted by Gasteiger charge is -1.99. The van der Waals surface area contributed by atoms with Crippen LogP contribution in [0.25, 0.3) is 0 Å². The van der Waals surface area contributed by atoms with E-state index in [4.69, 9.17) is 5.73 Å². The lowest BCUT2D eigenvalue weighted by molar-refractivity contribution is -0.145. The Balaban J connectivity index is 0. The molecule has 0 saturated carbocycles. The number of hydrogen-bond acceptors (Lipinski definition) is 4. The predicted molar refractivity (Wildman–Crippen MR) is 38.0 cm³/mol. The van der Waals surface area contributed by atoms with Crippen molar-refractivity contribution in [1.29, 1.82) is 0 Å². The Kier molecular flexibility index (Phi) is 6.91. The van der Waals surface area contributed by atoms with E-state index in [9.17, 15) is 4.79 Å². The van der Waals surface area contributed by atoms with Gasteiger partial charge >= 0.3 is 5.97 Å². The molecule has 60 valence electrons. The summed E-state index contributed by atoms with van der Waals surface area (Å²) >= 11 is 0. The van der Waals surface area contributed by atoms with Crippen LogP contribution in [0.5, 0.6) is 0 Å². The Bertz CT molecular complexity index is 136. The molecule has 0 unspecified atom stereocenters. The lowest BCUT2D eigenvalue weighted by Crippen LogP contribution is -2.33. The highest BCUT2D eigenvalue weighted by atomic mass is 35.5. The summed E-state index contributed by atoms with van der Waals surface area (Å²) in [5.41, 5.74) is 6.94. The van der Waals surface area contributed by atoms with E-state index in [1.54, 1.807) is 0 Å². The second-order valence-electron chi connectivity index (χ2n) is 1.21. The molecule has 6 nitrogen and oxygen atoms in total. The topological polar surface area (TPSA) is 103 Å². The van der Waals surface area contributed by atoms with Gasteiger partial charge in [0.15, 0.2) is 0 Å². The van der Waals surface area contributed by atoms with E-state index in [-0.39, 0.29) is 18.4 Å². The molecule has 7 heteroatoms. The zero-order chi connectivity index (χ0) is 7.28. The maximum atomic E-state index is 10.0. The van der Waals surface area contributed by atoms with Gasteiger partial charge in [0.05, 0.1) is 0 Å². The van der Waals surface area contributed by atoms with Crippen LogP contribution in [0.1, 0.15) is 6.92 Å². The number of carbonyl (C=O) groups is 1. The van der Waals surface area contributed by atoms with Gasteiger partial charge in [-0.3, -0.25) is 4.79 Å². The zero-order valence-electron chi connectivity index (χ0n) is 5.33. The van der Waals surface area contributed by atoms with Crippen molar-refractivity contribution in [2.75, 3.05) is 0 Å². The van der Waals surface area contributed by atoms with E-state index in [0.717, 1.165) is 0 Å². The standard InChI is InChI=1S/C3H8N4O2.ClH/c1-2(8)9-7-3(4)6-5;/h5H2,1H3,(H3,4,6,7);1H. The number of hydrazone groups is 1. The molecule has 0 atom stereocenters. The molecular weight excluding hydrogens is 160 g/mol. The van der Waals surface area contributed by atoms with Crippen LogP contribution in [0.2, 0.25) is 0 Å². The quantitative estimate of drug-likeness (QED) is 0.180. The summed E-state index contributed by atoms with van der Waals surface area (Å²) in [6, 6.07) is 0. The molecule has 0 radical (unpaired) electrons. The molecule has 0 rings (SSSR count). The van der Waals surface area contributed by atoms with Gasteiger partial charge in [-0.1, -0.05) is 0 Å². The SMILES string of the molecule is CC(=O)ONC(N)=NN.Cl. The van der Waals surface area contributed by atoms with Crippen molar-refractivity contribution in [3.05, 3.63) is 0 Å². The number of carbonyl (C=O) groups excluding carboxylic acids is 1. The fourth-order valence-electron chi connectivity index (χ4n) is 0.151. The number of halogens is 1. The fourth-order valence-corrected chi connectivity index (χ4v) is 0.151. The summed E-state index contributed by atoms with van der Waals surface area (Å²) in [6.07, 6.45) is 0. The van der Waals surface area contributed by atoms with Gasteiger partial charge in [-0.2, -0.15) is 5.48 Å². The van der Waals surface area contributed by atoms with Crippen molar-refractivity contribution in [3.63, 3.8) is 0 Å². The van der Waals surface area contributed by atoms with E-state index in [1.807, 2.05) is 5.48 Å². The highest BCUT2D eigenvalue weighted by molar-refractivity contribution is 5.85. The first kappa shape index (κ1) is 11.6. The van der Waals surface area contributed by atoms with Gasteiger partial charge in [-0.15, -0.1) is 17.5 Å². The number of hydrogen-bond donors (Lipinski definition) is 3. The van der Waals surface area contributed by atoms with Crippen LogP contribution < -0.4 is 17.1 Å². The van der Waals surface area contributed by atoms with Crippen molar-refractivity contribution in [1.82, 2.24) is 5.48 Å². The van der Waals surface area contributed by atoms with Gasteiger partial charge in [-0.25, -0.2) is 0 Å². The summed E-state index contributed by atoms with van der Waals surface area (Å²) in [5.74, 6) is 4.01. The number of nitrogens with two attached hydrogens (primary N) is 2. The third-order valence-electron chi connectivity index (χ3n) is 0.438. The third-order valence-corrected chi connectivity index (χ3v) is 0.438. The van der Waals surface area contributed by atoms with E-state index in [2.05, 4.69) is 15.8 Å². The van der Waals surface area contributed by atoms with Crippen LogP contribution >= 0.6 is 12.4 Å². The number of guanidine groups is 1. The molecule has 0 amide bonds. The molecule has 0 aromatic rings. The van der Waals surface area contributed by atoms with Crippen molar-refractivity contribution in [3.8, 4) is 0 Å². The summed E-state index contributed by atoms with van der Waals surface area (Å²) in [4.78, 5) is 14.2. The average Bonchev–Trinajstić information content (AvgIpc) is 1.83. The van der Waals surface area contributed by atoms with Crippen LogP contribution in [-0.2, 0) is 9.63 Å². The van der Waals surface area contributed by atoms with E-state index < -0.39 is 5.97 Å². The monoisotopic (exact) mass is 168 g/mol. The smallest absolute Gasteiger partial charge is 0.329 e. The van der Waals surface area contributed by atoms with Crippen molar-refractivity contribution >= 4 is 24.3 Å². The first-order valence-corrected chi connectivity index (χ1v) is 2.13. The number of hydroxylamine groups is 1. The molecule has 0 aromatic heterocycles. The Morgan fingerprint density at radius 1 is 1.70 bits per heavy atom. The molecule has 0 fully saturated rings. The molecule has 0 aliphatic carbocycles. The summed E-state index contributed by atoms with van der Waals surface area (Å²) in [5, 5.41) is 2.97. The largest absolute Gasteiger partial charge is 0.366 e.